The molecule has 1 amide bonds. The number of amides is 1. The molecule has 2 N–H and O–H groups in total. The van der Waals surface area contributed by atoms with Gasteiger partial charge in [0.2, 0.25) is 11.9 Å². The maximum Gasteiger partial charge on any atom is 0.217 e. The fraction of sp³-hybridized carbons (Fsp3) is 0.800. The molecule has 5 nitrogen and oxygen atoms in total. The van der Waals surface area contributed by atoms with Crippen LogP contribution in [0.1, 0.15) is 19.8 Å². The predicted molar refractivity (Wildman–Crippen MR) is 34.9 cm³/mol. The monoisotopic (exact) mass is 146 g/mol. The zero-order valence-electron chi connectivity index (χ0n) is 5.74. The number of primary amides is 1. The fourth-order valence-electron chi connectivity index (χ4n) is 0.457. The molecule has 0 aliphatic carbocycles. The standard InChI is InChI=1S/C5H10N2O3/c1-4(7(9)10)2-3-5(6)8/h4H,2-3H2,1H3,(H2,6,8). The van der Waals surface area contributed by atoms with E-state index in [-0.39, 0.29) is 12.8 Å². The van der Waals surface area contributed by atoms with Gasteiger partial charge in [0.25, 0.3) is 0 Å². The van der Waals surface area contributed by atoms with E-state index in [0.29, 0.717) is 0 Å². The number of nitro groups is 1. The minimum atomic E-state index is -0.674. The molecule has 0 saturated carbocycles. The van der Waals surface area contributed by atoms with E-state index < -0.39 is 16.9 Å². The van der Waals surface area contributed by atoms with Crippen LogP contribution in [0.15, 0.2) is 0 Å². The van der Waals surface area contributed by atoms with Gasteiger partial charge in [-0.25, -0.2) is 0 Å². The summed E-state index contributed by atoms with van der Waals surface area (Å²) in [7, 11) is 0. The van der Waals surface area contributed by atoms with E-state index in [1.54, 1.807) is 0 Å². The first-order valence-corrected chi connectivity index (χ1v) is 2.96. The molecule has 0 aromatic rings. The summed E-state index contributed by atoms with van der Waals surface area (Å²) < 4.78 is 0. The summed E-state index contributed by atoms with van der Waals surface area (Å²) in [6.45, 7) is 1.45. The number of hydrogen-bond acceptors (Lipinski definition) is 3. The summed E-state index contributed by atoms with van der Waals surface area (Å²) in [5, 5.41) is 9.97. The third-order valence-electron chi connectivity index (χ3n) is 1.17. The lowest BCUT2D eigenvalue weighted by Gasteiger charge is -1.99. The van der Waals surface area contributed by atoms with Crippen molar-refractivity contribution in [3.05, 3.63) is 10.1 Å². The van der Waals surface area contributed by atoms with Gasteiger partial charge in [-0.05, 0) is 0 Å². The highest BCUT2D eigenvalue weighted by atomic mass is 16.6. The van der Waals surface area contributed by atoms with Crippen molar-refractivity contribution in [3.63, 3.8) is 0 Å². The van der Waals surface area contributed by atoms with E-state index in [2.05, 4.69) is 0 Å². The van der Waals surface area contributed by atoms with E-state index in [1.165, 1.54) is 6.92 Å². The van der Waals surface area contributed by atoms with Gasteiger partial charge in [-0.3, -0.25) is 14.9 Å². The van der Waals surface area contributed by atoms with E-state index in [4.69, 9.17) is 5.73 Å². The minimum Gasteiger partial charge on any atom is -0.370 e. The van der Waals surface area contributed by atoms with Gasteiger partial charge in [0.05, 0.1) is 0 Å². The largest absolute Gasteiger partial charge is 0.370 e. The van der Waals surface area contributed by atoms with Gasteiger partial charge in [-0.1, -0.05) is 0 Å². The van der Waals surface area contributed by atoms with E-state index >= 15 is 0 Å². The zero-order chi connectivity index (χ0) is 8.15. The second kappa shape index (κ2) is 3.81. The molecule has 0 bridgehead atoms. The van der Waals surface area contributed by atoms with Crippen LogP contribution in [-0.2, 0) is 4.79 Å². The maximum atomic E-state index is 10.1. The molecular weight excluding hydrogens is 136 g/mol. The molecule has 0 spiro atoms. The van der Waals surface area contributed by atoms with Crippen molar-refractivity contribution in [2.75, 3.05) is 0 Å². The van der Waals surface area contributed by atoms with Crippen LogP contribution in [0.25, 0.3) is 0 Å². The molecule has 0 heterocycles. The minimum absolute atomic E-state index is 0.0855. The number of carbonyl (C=O) groups excluding carboxylic acids is 1. The molecular formula is C5H10N2O3. The van der Waals surface area contributed by atoms with Crippen molar-refractivity contribution in [2.45, 2.75) is 25.8 Å². The summed E-state index contributed by atoms with van der Waals surface area (Å²) >= 11 is 0. The Hall–Kier alpha value is -1.13. The molecule has 58 valence electrons. The van der Waals surface area contributed by atoms with Crippen LogP contribution >= 0.6 is 0 Å². The number of carbonyl (C=O) groups is 1. The second-order valence-electron chi connectivity index (χ2n) is 2.14. The Morgan fingerprint density at radius 1 is 1.80 bits per heavy atom. The van der Waals surface area contributed by atoms with Gasteiger partial charge in [-0.2, -0.15) is 0 Å². The molecule has 1 atom stereocenters. The fourth-order valence-corrected chi connectivity index (χ4v) is 0.457. The number of nitrogens with two attached hydrogens (primary N) is 1. The van der Waals surface area contributed by atoms with Crippen LogP contribution < -0.4 is 5.73 Å². The summed E-state index contributed by atoms with van der Waals surface area (Å²) in [5.41, 5.74) is 4.78. The summed E-state index contributed by atoms with van der Waals surface area (Å²) in [4.78, 5) is 19.7. The normalized spacial score (nSPS) is 12.5. The molecule has 10 heavy (non-hydrogen) atoms. The summed E-state index contributed by atoms with van der Waals surface area (Å²) in [6, 6.07) is -0.674. The first kappa shape index (κ1) is 8.87. The summed E-state index contributed by atoms with van der Waals surface area (Å²) in [5.74, 6) is -0.492. The molecule has 0 saturated heterocycles. The average Bonchev–Trinajstić information content (AvgIpc) is 1.82. The van der Waals surface area contributed by atoms with Crippen molar-refractivity contribution >= 4 is 5.91 Å². The molecule has 1 unspecified atom stereocenters. The van der Waals surface area contributed by atoms with Gasteiger partial charge in [-0.15, -0.1) is 0 Å². The lowest BCUT2D eigenvalue weighted by Crippen LogP contribution is -2.19. The Morgan fingerprint density at radius 3 is 2.60 bits per heavy atom. The number of nitrogens with zero attached hydrogens (tertiary/aromatic N) is 1. The van der Waals surface area contributed by atoms with Crippen molar-refractivity contribution in [2.24, 2.45) is 5.73 Å². The van der Waals surface area contributed by atoms with E-state index in [9.17, 15) is 14.9 Å². The van der Waals surface area contributed by atoms with Gasteiger partial charge >= 0.3 is 0 Å². The molecule has 0 radical (unpaired) electrons. The Kier molecular flexibility index (Phi) is 3.38. The molecule has 5 heteroatoms. The molecule has 0 aromatic heterocycles. The topological polar surface area (TPSA) is 86.2 Å². The van der Waals surface area contributed by atoms with E-state index in [0.717, 1.165) is 0 Å². The number of rotatable bonds is 4. The highest BCUT2D eigenvalue weighted by molar-refractivity contribution is 5.73. The Labute approximate surface area is 58.4 Å². The second-order valence-corrected chi connectivity index (χ2v) is 2.14. The molecule has 0 aromatic carbocycles. The third-order valence-corrected chi connectivity index (χ3v) is 1.17. The summed E-state index contributed by atoms with van der Waals surface area (Å²) in [6.07, 6.45) is 0.310. The van der Waals surface area contributed by atoms with Crippen molar-refractivity contribution in [1.82, 2.24) is 0 Å². The molecule has 0 aliphatic rings. The van der Waals surface area contributed by atoms with Crippen LogP contribution in [0, 0.1) is 10.1 Å². The quantitative estimate of drug-likeness (QED) is 0.444. The van der Waals surface area contributed by atoms with Crippen molar-refractivity contribution < 1.29 is 9.72 Å². The van der Waals surface area contributed by atoms with Crippen LogP contribution in [0.4, 0.5) is 0 Å². The van der Waals surface area contributed by atoms with E-state index in [1.807, 2.05) is 0 Å². The van der Waals surface area contributed by atoms with Gasteiger partial charge in [0.15, 0.2) is 0 Å². The van der Waals surface area contributed by atoms with Gasteiger partial charge < -0.3 is 5.73 Å². The third kappa shape index (κ3) is 3.82. The van der Waals surface area contributed by atoms with Crippen molar-refractivity contribution in [1.29, 1.82) is 0 Å². The lowest BCUT2D eigenvalue weighted by molar-refractivity contribution is -0.518. The van der Waals surface area contributed by atoms with Crippen LogP contribution in [0.5, 0.6) is 0 Å². The Balaban J connectivity index is 3.49. The first-order valence-electron chi connectivity index (χ1n) is 2.96. The molecule has 0 fully saturated rings. The molecule has 0 rings (SSSR count). The van der Waals surface area contributed by atoms with Crippen molar-refractivity contribution in [3.8, 4) is 0 Å². The predicted octanol–water partition coefficient (Wildman–Crippen LogP) is -0.0829. The van der Waals surface area contributed by atoms with Gasteiger partial charge in [0.1, 0.15) is 0 Å². The number of hydrogen-bond donors (Lipinski definition) is 1. The zero-order valence-corrected chi connectivity index (χ0v) is 5.74. The molecule has 0 aliphatic heterocycles. The lowest BCUT2D eigenvalue weighted by atomic mass is 10.2. The highest BCUT2D eigenvalue weighted by Gasteiger charge is 2.12. The highest BCUT2D eigenvalue weighted by Crippen LogP contribution is 1.98. The average molecular weight is 146 g/mol. The van der Waals surface area contributed by atoms with Crippen LogP contribution in [0.3, 0.4) is 0 Å². The van der Waals surface area contributed by atoms with Gasteiger partial charge in [0, 0.05) is 24.7 Å². The first-order chi connectivity index (χ1) is 4.54. The SMILES string of the molecule is CC(CCC(N)=O)[N+](=O)[O-]. The smallest absolute Gasteiger partial charge is 0.217 e. The Morgan fingerprint density at radius 2 is 2.30 bits per heavy atom. The maximum absolute atomic E-state index is 10.1. The van der Waals surface area contributed by atoms with Crippen LogP contribution in [-0.4, -0.2) is 16.9 Å². The van der Waals surface area contributed by atoms with Crippen LogP contribution in [0.2, 0.25) is 0 Å². The Bertz CT molecular complexity index is 146.